The molecule has 0 N–H and O–H groups in total. The lowest BCUT2D eigenvalue weighted by Crippen LogP contribution is -2.52. The molecule has 0 unspecified atom stereocenters. The van der Waals surface area contributed by atoms with Crippen LogP contribution in [0.5, 0.6) is 0 Å². The first-order valence-corrected chi connectivity index (χ1v) is 10.4. The van der Waals surface area contributed by atoms with Crippen molar-refractivity contribution < 1.29 is 24.0 Å². The molecule has 1 saturated heterocycles. The molecule has 1 fully saturated rings. The van der Waals surface area contributed by atoms with Gasteiger partial charge in [0, 0.05) is 30.8 Å². The first kappa shape index (κ1) is 23.0. The van der Waals surface area contributed by atoms with Gasteiger partial charge in [-0.1, -0.05) is 41.2 Å². The third-order valence-corrected chi connectivity index (χ3v) is 5.67. The lowest BCUT2D eigenvalue weighted by Gasteiger charge is -2.28. The van der Waals surface area contributed by atoms with E-state index in [1.165, 1.54) is 27.1 Å². The number of imide groups is 2. The number of nitrogens with zero attached hydrogens (tertiary/aromatic N) is 3. The van der Waals surface area contributed by atoms with Gasteiger partial charge in [-0.3, -0.25) is 19.4 Å². The van der Waals surface area contributed by atoms with E-state index in [2.05, 4.69) is 9.99 Å². The van der Waals surface area contributed by atoms with Gasteiger partial charge in [0.2, 0.25) is 0 Å². The zero-order valence-corrected chi connectivity index (χ0v) is 18.8. The number of likely N-dealkylation sites (N-methyl/N-ethyl adjacent to an activating group) is 2. The molecule has 0 bridgehead atoms. The van der Waals surface area contributed by atoms with Crippen LogP contribution in [0.15, 0.2) is 69.1 Å². The summed E-state index contributed by atoms with van der Waals surface area (Å²) in [6, 6.07) is 14.4. The Morgan fingerprint density at radius 3 is 1.88 bits per heavy atom. The Hall–Kier alpha value is -3.72. The van der Waals surface area contributed by atoms with Crippen molar-refractivity contribution >= 4 is 47.4 Å². The highest BCUT2D eigenvalue weighted by atomic mass is 32.2. The Bertz CT molecular complexity index is 1110. The van der Waals surface area contributed by atoms with Gasteiger partial charge in [0.25, 0.3) is 11.8 Å². The molecule has 164 valence electrons. The molecule has 2 aromatic rings. The van der Waals surface area contributed by atoms with Crippen LogP contribution in [0.2, 0.25) is 0 Å². The average Bonchev–Trinajstić information content (AvgIpc) is 2.79. The van der Waals surface area contributed by atoms with Crippen LogP contribution in [-0.4, -0.2) is 53.4 Å². The molecule has 2 aromatic carbocycles. The Balaban J connectivity index is 1.71. The van der Waals surface area contributed by atoms with Crippen LogP contribution in [0, 0.1) is 0 Å². The van der Waals surface area contributed by atoms with E-state index < -0.39 is 23.8 Å². The van der Waals surface area contributed by atoms with E-state index in [4.69, 9.17) is 0 Å². The maximum Gasteiger partial charge on any atom is 0.333 e. The summed E-state index contributed by atoms with van der Waals surface area (Å²) in [5.74, 6) is -1.71. The predicted octanol–water partition coefficient (Wildman–Crippen LogP) is 3.56. The van der Waals surface area contributed by atoms with Gasteiger partial charge in [-0.15, -0.1) is 0 Å². The number of urea groups is 1. The highest BCUT2D eigenvalue weighted by molar-refractivity contribution is 7.99. The van der Waals surface area contributed by atoms with Crippen LogP contribution in [0.3, 0.4) is 0 Å². The van der Waals surface area contributed by atoms with Gasteiger partial charge >= 0.3 is 12.0 Å². The van der Waals surface area contributed by atoms with Crippen LogP contribution in [0.1, 0.15) is 25.0 Å². The number of hydrogen-bond donors (Lipinski definition) is 0. The van der Waals surface area contributed by atoms with Crippen molar-refractivity contribution in [3.63, 3.8) is 0 Å². The largest absolute Gasteiger partial charge is 0.333 e. The van der Waals surface area contributed by atoms with E-state index in [1.54, 1.807) is 30.8 Å². The van der Waals surface area contributed by atoms with E-state index in [-0.39, 0.29) is 5.57 Å². The van der Waals surface area contributed by atoms with E-state index in [9.17, 15) is 19.2 Å². The Labute approximate surface area is 189 Å². The first-order valence-electron chi connectivity index (χ1n) is 9.59. The average molecular weight is 452 g/mol. The van der Waals surface area contributed by atoms with Gasteiger partial charge in [0.1, 0.15) is 5.57 Å². The molecule has 1 aliphatic rings. The first-order chi connectivity index (χ1) is 15.2. The normalized spacial score (nSPS) is 14.7. The summed E-state index contributed by atoms with van der Waals surface area (Å²) in [7, 11) is 2.69. The highest BCUT2D eigenvalue weighted by Crippen LogP contribution is 2.29. The number of carbonyl (C=O) groups excluding carboxylic acids is 4. The standard InChI is InChI=1S/C23H21N3O5S/c1-14(24-31-15(2)27)17-7-11-19(12-8-17)32-18-9-5-16(6-10-18)13-20-21(28)25(3)23(30)26(4)22(20)29/h5-13H,1-4H3. The summed E-state index contributed by atoms with van der Waals surface area (Å²) in [6.45, 7) is 3.05. The highest BCUT2D eigenvalue weighted by Gasteiger charge is 2.37. The monoisotopic (exact) mass is 451 g/mol. The number of barbiturate groups is 1. The van der Waals surface area contributed by atoms with E-state index in [0.717, 1.165) is 25.2 Å². The van der Waals surface area contributed by atoms with Crippen molar-refractivity contribution in [1.82, 2.24) is 9.80 Å². The molecule has 9 heteroatoms. The fourth-order valence-corrected chi connectivity index (χ4v) is 3.68. The summed E-state index contributed by atoms with van der Waals surface area (Å²) in [5.41, 5.74) is 2.05. The number of carbonyl (C=O) groups is 4. The Morgan fingerprint density at radius 1 is 0.875 bits per heavy atom. The molecule has 0 atom stereocenters. The van der Waals surface area contributed by atoms with Crippen molar-refractivity contribution in [1.29, 1.82) is 0 Å². The van der Waals surface area contributed by atoms with Crippen LogP contribution >= 0.6 is 11.8 Å². The third-order valence-electron chi connectivity index (χ3n) is 4.65. The molecule has 0 radical (unpaired) electrons. The van der Waals surface area contributed by atoms with Gasteiger partial charge in [-0.25, -0.2) is 9.59 Å². The topological polar surface area (TPSA) is 96.3 Å². The lowest BCUT2D eigenvalue weighted by molar-refractivity contribution is -0.141. The molecule has 8 nitrogen and oxygen atoms in total. The van der Waals surface area contributed by atoms with Gasteiger partial charge in [0.05, 0.1) is 5.71 Å². The molecular formula is C23H21N3O5S. The van der Waals surface area contributed by atoms with Crippen LogP contribution in [0.4, 0.5) is 4.79 Å². The molecule has 4 amide bonds. The number of amides is 4. The maximum atomic E-state index is 12.3. The van der Waals surface area contributed by atoms with E-state index in [1.807, 2.05) is 36.4 Å². The smallest absolute Gasteiger partial charge is 0.318 e. The molecule has 0 aliphatic carbocycles. The van der Waals surface area contributed by atoms with Crippen LogP contribution in [0.25, 0.3) is 6.08 Å². The van der Waals surface area contributed by atoms with Crippen molar-refractivity contribution in [3.05, 3.63) is 65.2 Å². The summed E-state index contributed by atoms with van der Waals surface area (Å²) in [5, 5.41) is 3.77. The minimum absolute atomic E-state index is 0.0589. The van der Waals surface area contributed by atoms with Crippen molar-refractivity contribution in [2.24, 2.45) is 5.16 Å². The number of rotatable bonds is 5. The second-order valence-electron chi connectivity index (χ2n) is 7.02. The molecule has 0 saturated carbocycles. The minimum atomic E-state index is -0.650. The summed E-state index contributed by atoms with van der Waals surface area (Å²) in [6.07, 6.45) is 1.48. The molecule has 0 spiro atoms. The van der Waals surface area contributed by atoms with Crippen LogP contribution < -0.4 is 0 Å². The lowest BCUT2D eigenvalue weighted by atomic mass is 10.1. The number of hydrogen-bond acceptors (Lipinski definition) is 7. The summed E-state index contributed by atoms with van der Waals surface area (Å²) < 4.78 is 0. The number of benzene rings is 2. The second kappa shape index (κ2) is 9.61. The molecule has 32 heavy (non-hydrogen) atoms. The van der Waals surface area contributed by atoms with Gasteiger partial charge < -0.3 is 4.84 Å². The molecular weight excluding hydrogens is 430 g/mol. The van der Waals surface area contributed by atoms with Gasteiger partial charge in [-0.2, -0.15) is 0 Å². The molecule has 3 rings (SSSR count). The molecule has 0 aromatic heterocycles. The van der Waals surface area contributed by atoms with Gasteiger partial charge in [0.15, 0.2) is 0 Å². The van der Waals surface area contributed by atoms with E-state index in [0.29, 0.717) is 11.3 Å². The zero-order chi connectivity index (χ0) is 23.4. The summed E-state index contributed by atoms with van der Waals surface area (Å²) in [4.78, 5) is 55.8. The van der Waals surface area contributed by atoms with E-state index >= 15 is 0 Å². The molecule has 1 aliphatic heterocycles. The van der Waals surface area contributed by atoms with Crippen molar-refractivity contribution in [3.8, 4) is 0 Å². The van der Waals surface area contributed by atoms with Crippen molar-refractivity contribution in [2.45, 2.75) is 23.6 Å². The maximum absolute atomic E-state index is 12.3. The zero-order valence-electron chi connectivity index (χ0n) is 18.0. The van der Waals surface area contributed by atoms with Crippen LogP contribution in [-0.2, 0) is 19.2 Å². The Kier molecular flexibility index (Phi) is 6.89. The van der Waals surface area contributed by atoms with Crippen molar-refractivity contribution in [2.75, 3.05) is 14.1 Å². The fraction of sp³-hybridized carbons (Fsp3) is 0.174. The minimum Gasteiger partial charge on any atom is -0.318 e. The quantitative estimate of drug-likeness (QED) is 0.227. The predicted molar refractivity (Wildman–Crippen MR) is 120 cm³/mol. The summed E-state index contributed by atoms with van der Waals surface area (Å²) >= 11 is 1.54. The second-order valence-corrected chi connectivity index (χ2v) is 8.17. The number of oxime groups is 1. The Morgan fingerprint density at radius 2 is 1.38 bits per heavy atom. The van der Waals surface area contributed by atoms with Gasteiger partial charge in [-0.05, 0) is 48.4 Å². The molecule has 1 heterocycles. The fourth-order valence-electron chi connectivity index (χ4n) is 2.86. The SMILES string of the molecule is CC(=O)ON=C(C)c1ccc(Sc2ccc(C=C3C(=O)N(C)C(=O)N(C)C3=O)cc2)cc1. The third kappa shape index (κ3) is 5.12.